The predicted octanol–water partition coefficient (Wildman–Crippen LogP) is 6.95. The third kappa shape index (κ3) is 6.10. The molecule has 0 saturated heterocycles. The van der Waals surface area contributed by atoms with Crippen molar-refractivity contribution in [3.8, 4) is 5.69 Å². The predicted molar refractivity (Wildman–Crippen MR) is 109 cm³/mol. The zero-order valence-electron chi connectivity index (χ0n) is 15.8. The maximum atomic E-state index is 5.51. The lowest BCUT2D eigenvalue weighted by Crippen LogP contribution is -2.09. The number of rotatable bonds is 12. The topological polar surface area (TPSA) is 33.6 Å². The summed E-state index contributed by atoms with van der Waals surface area (Å²) in [4.78, 5) is 0. The summed E-state index contributed by atoms with van der Waals surface area (Å²) in [6, 6.07) is 10.4. The van der Waals surface area contributed by atoms with Crippen molar-refractivity contribution < 1.29 is 0 Å². The molecule has 0 aliphatic rings. The molecule has 1 aromatic heterocycles. The smallest absolute Gasteiger partial charge is 0.199 e. The summed E-state index contributed by atoms with van der Waals surface area (Å²) in [5.74, 6) is 1.59. The minimum atomic E-state index is 0.485. The fourth-order valence-corrected chi connectivity index (χ4v) is 3.68. The molecule has 0 spiro atoms. The van der Waals surface area contributed by atoms with Gasteiger partial charge < -0.3 is 0 Å². The molecule has 0 aliphatic carbocycles. The maximum absolute atomic E-state index is 5.51. The molecular weight excluding hydrogens is 326 g/mol. The van der Waals surface area contributed by atoms with E-state index in [4.69, 9.17) is 12.2 Å². The molecule has 0 aliphatic heterocycles. The molecule has 2 rings (SSSR count). The van der Waals surface area contributed by atoms with E-state index in [0.29, 0.717) is 10.7 Å². The molecule has 1 aromatic carbocycles. The van der Waals surface area contributed by atoms with Gasteiger partial charge in [0.25, 0.3) is 0 Å². The molecule has 2 aromatic rings. The summed E-state index contributed by atoms with van der Waals surface area (Å²) in [5.41, 5.74) is 1.11. The fraction of sp³-hybridized carbons (Fsp3) is 0.619. The average molecular weight is 360 g/mol. The standard InChI is InChI=1S/C21H33N3S/c1-3-5-7-8-9-11-15-18(14-6-4-2)20-22-23-21(25)24(20)19-16-12-10-13-17-19/h10,12-13,16-18H,3-9,11,14-15H2,1-2H3,(H,23,25). The van der Waals surface area contributed by atoms with Crippen molar-refractivity contribution in [2.75, 3.05) is 0 Å². The molecule has 4 heteroatoms. The Morgan fingerprint density at radius 1 is 0.920 bits per heavy atom. The van der Waals surface area contributed by atoms with Crippen molar-refractivity contribution in [3.05, 3.63) is 40.9 Å². The highest BCUT2D eigenvalue weighted by atomic mass is 32.1. The van der Waals surface area contributed by atoms with Gasteiger partial charge in [0.05, 0.1) is 0 Å². The molecule has 138 valence electrons. The van der Waals surface area contributed by atoms with Crippen molar-refractivity contribution in [3.63, 3.8) is 0 Å². The van der Waals surface area contributed by atoms with E-state index in [0.717, 1.165) is 11.5 Å². The number of hydrogen-bond acceptors (Lipinski definition) is 2. The van der Waals surface area contributed by atoms with Crippen LogP contribution in [0.1, 0.15) is 89.8 Å². The number of aromatic amines is 1. The Balaban J connectivity index is 2.08. The molecule has 0 bridgehead atoms. The van der Waals surface area contributed by atoms with Crippen LogP contribution in [0.5, 0.6) is 0 Å². The summed E-state index contributed by atoms with van der Waals surface area (Å²) >= 11 is 5.51. The maximum Gasteiger partial charge on any atom is 0.199 e. The molecule has 0 amide bonds. The normalized spacial score (nSPS) is 12.4. The second kappa shape index (κ2) is 11.2. The van der Waals surface area contributed by atoms with E-state index in [1.165, 1.54) is 64.2 Å². The lowest BCUT2D eigenvalue weighted by Gasteiger charge is -2.17. The van der Waals surface area contributed by atoms with Crippen LogP contribution in [0.15, 0.2) is 30.3 Å². The third-order valence-corrected chi connectivity index (χ3v) is 5.16. The highest BCUT2D eigenvalue weighted by Crippen LogP contribution is 2.28. The molecule has 1 heterocycles. The Hall–Kier alpha value is -1.42. The Kier molecular flexibility index (Phi) is 8.95. The number of nitrogens with one attached hydrogen (secondary N) is 1. The van der Waals surface area contributed by atoms with Crippen LogP contribution < -0.4 is 0 Å². The van der Waals surface area contributed by atoms with Crippen LogP contribution in [0.4, 0.5) is 0 Å². The number of aromatic nitrogens is 3. The van der Waals surface area contributed by atoms with E-state index >= 15 is 0 Å². The van der Waals surface area contributed by atoms with Gasteiger partial charge in [-0.2, -0.15) is 5.10 Å². The van der Waals surface area contributed by atoms with Crippen molar-refractivity contribution in [2.24, 2.45) is 0 Å². The SMILES string of the molecule is CCCCCCCCC(CCCC)c1n[nH]c(=S)n1-c1ccccc1. The van der Waals surface area contributed by atoms with Crippen molar-refractivity contribution in [1.82, 2.24) is 14.8 Å². The van der Waals surface area contributed by atoms with Gasteiger partial charge in [-0.25, -0.2) is 0 Å². The van der Waals surface area contributed by atoms with Crippen LogP contribution >= 0.6 is 12.2 Å². The molecule has 3 nitrogen and oxygen atoms in total. The number of para-hydroxylation sites is 1. The first-order valence-corrected chi connectivity index (χ1v) is 10.4. The van der Waals surface area contributed by atoms with Crippen molar-refractivity contribution in [1.29, 1.82) is 0 Å². The van der Waals surface area contributed by atoms with Gasteiger partial charge >= 0.3 is 0 Å². The largest absolute Gasteiger partial charge is 0.272 e. The van der Waals surface area contributed by atoms with Crippen molar-refractivity contribution >= 4 is 12.2 Å². The molecule has 0 saturated carbocycles. The van der Waals surface area contributed by atoms with Crippen LogP contribution in [-0.2, 0) is 0 Å². The Bertz CT molecular complexity index is 645. The average Bonchev–Trinajstić information content (AvgIpc) is 3.02. The second-order valence-corrected chi connectivity index (χ2v) is 7.34. The first-order chi connectivity index (χ1) is 12.3. The Morgan fingerprint density at radius 3 is 2.28 bits per heavy atom. The van der Waals surface area contributed by atoms with Crippen molar-refractivity contribution in [2.45, 2.75) is 84.0 Å². The number of unbranched alkanes of at least 4 members (excludes halogenated alkanes) is 6. The zero-order valence-corrected chi connectivity index (χ0v) is 16.7. The quantitative estimate of drug-likeness (QED) is 0.328. The molecule has 0 radical (unpaired) electrons. The lowest BCUT2D eigenvalue weighted by atomic mass is 9.94. The summed E-state index contributed by atoms with van der Waals surface area (Å²) < 4.78 is 2.83. The van der Waals surface area contributed by atoms with Gasteiger partial charge in [-0.3, -0.25) is 9.67 Å². The molecule has 1 N–H and O–H groups in total. The fourth-order valence-electron chi connectivity index (χ4n) is 3.43. The monoisotopic (exact) mass is 359 g/mol. The highest BCUT2D eigenvalue weighted by molar-refractivity contribution is 7.71. The molecular formula is C21H33N3S. The van der Waals surface area contributed by atoms with Crippen LogP contribution in [0, 0.1) is 4.77 Å². The van der Waals surface area contributed by atoms with E-state index in [1.54, 1.807) is 0 Å². The number of hydrogen-bond donors (Lipinski definition) is 1. The zero-order chi connectivity index (χ0) is 17.9. The van der Waals surface area contributed by atoms with E-state index < -0.39 is 0 Å². The van der Waals surface area contributed by atoms with Gasteiger partial charge in [0, 0.05) is 11.6 Å². The minimum Gasteiger partial charge on any atom is -0.272 e. The second-order valence-electron chi connectivity index (χ2n) is 6.95. The lowest BCUT2D eigenvalue weighted by molar-refractivity contribution is 0.479. The summed E-state index contributed by atoms with van der Waals surface area (Å²) in [6.45, 7) is 4.53. The van der Waals surface area contributed by atoms with Gasteiger partial charge in [-0.15, -0.1) is 0 Å². The van der Waals surface area contributed by atoms with Crippen LogP contribution in [0.25, 0.3) is 5.69 Å². The van der Waals surface area contributed by atoms with Gasteiger partial charge in [0.1, 0.15) is 5.82 Å². The van der Waals surface area contributed by atoms with Gasteiger partial charge in [-0.1, -0.05) is 83.4 Å². The summed E-state index contributed by atoms with van der Waals surface area (Å²) in [5, 5.41) is 7.65. The molecule has 25 heavy (non-hydrogen) atoms. The first-order valence-electron chi connectivity index (χ1n) is 10.0. The molecule has 0 fully saturated rings. The number of benzene rings is 1. The van der Waals surface area contributed by atoms with E-state index in [9.17, 15) is 0 Å². The van der Waals surface area contributed by atoms with E-state index in [-0.39, 0.29) is 0 Å². The third-order valence-electron chi connectivity index (χ3n) is 4.89. The summed E-state index contributed by atoms with van der Waals surface area (Å²) in [6.07, 6.45) is 12.9. The Labute approximate surface area is 157 Å². The highest BCUT2D eigenvalue weighted by Gasteiger charge is 2.19. The molecule has 1 atom stereocenters. The van der Waals surface area contributed by atoms with E-state index in [2.05, 4.69) is 52.9 Å². The van der Waals surface area contributed by atoms with Crippen LogP contribution in [0.2, 0.25) is 0 Å². The van der Waals surface area contributed by atoms with Gasteiger partial charge in [0.15, 0.2) is 4.77 Å². The summed E-state index contributed by atoms with van der Waals surface area (Å²) in [7, 11) is 0. The first kappa shape index (κ1) is 19.9. The van der Waals surface area contributed by atoms with E-state index in [1.807, 2.05) is 6.07 Å². The van der Waals surface area contributed by atoms with Crippen LogP contribution in [-0.4, -0.2) is 14.8 Å². The van der Waals surface area contributed by atoms with Gasteiger partial charge in [-0.05, 0) is 37.2 Å². The minimum absolute atomic E-state index is 0.485. The number of H-pyrrole nitrogens is 1. The van der Waals surface area contributed by atoms with Gasteiger partial charge in [0.2, 0.25) is 0 Å². The van der Waals surface area contributed by atoms with Crippen LogP contribution in [0.3, 0.4) is 0 Å². The Morgan fingerprint density at radius 2 is 1.56 bits per heavy atom. The number of nitrogens with zero attached hydrogens (tertiary/aromatic N) is 2. The molecule has 1 unspecified atom stereocenters.